The molecule has 1 fully saturated rings. The van der Waals surface area contributed by atoms with Crippen LogP contribution in [-0.4, -0.2) is 23.9 Å². The highest BCUT2D eigenvalue weighted by molar-refractivity contribution is 5.19. The molecule has 0 spiro atoms. The third kappa shape index (κ3) is 2.82. The van der Waals surface area contributed by atoms with Crippen LogP contribution in [0, 0.1) is 17.6 Å². The van der Waals surface area contributed by atoms with Crippen LogP contribution in [0.3, 0.4) is 0 Å². The van der Waals surface area contributed by atoms with Crippen LogP contribution in [0.1, 0.15) is 18.9 Å². The molecule has 1 aromatic rings. The second-order valence-corrected chi connectivity index (χ2v) is 4.54. The van der Waals surface area contributed by atoms with Crippen molar-refractivity contribution in [3.8, 4) is 0 Å². The summed E-state index contributed by atoms with van der Waals surface area (Å²) in [6, 6.07) is 3.44. The first-order valence-corrected chi connectivity index (χ1v) is 5.81. The molecule has 0 bridgehead atoms. The number of aliphatic hydroxyl groups excluding tert-OH is 1. The molecule has 3 unspecified atom stereocenters. The zero-order valence-electron chi connectivity index (χ0n) is 9.70. The van der Waals surface area contributed by atoms with Gasteiger partial charge in [0.25, 0.3) is 0 Å². The van der Waals surface area contributed by atoms with E-state index in [-0.39, 0.29) is 18.4 Å². The van der Waals surface area contributed by atoms with Gasteiger partial charge in [-0.05, 0) is 25.0 Å². The van der Waals surface area contributed by atoms with Crippen LogP contribution in [0.25, 0.3) is 0 Å². The zero-order valence-corrected chi connectivity index (χ0v) is 9.70. The smallest absolute Gasteiger partial charge is 0.129 e. The van der Waals surface area contributed by atoms with Gasteiger partial charge in [-0.1, -0.05) is 6.07 Å². The Morgan fingerprint density at radius 3 is 2.82 bits per heavy atom. The minimum absolute atomic E-state index is 0.00601. The molecule has 1 saturated heterocycles. The summed E-state index contributed by atoms with van der Waals surface area (Å²) in [4.78, 5) is 0. The van der Waals surface area contributed by atoms with Crippen LogP contribution in [0.5, 0.6) is 0 Å². The lowest BCUT2D eigenvalue weighted by Crippen LogP contribution is -2.28. The van der Waals surface area contributed by atoms with Crippen LogP contribution in [0.4, 0.5) is 8.78 Å². The number of rotatable bonds is 3. The number of halogens is 2. The van der Waals surface area contributed by atoms with Gasteiger partial charge < -0.3 is 9.84 Å². The van der Waals surface area contributed by atoms with Crippen molar-refractivity contribution >= 4 is 0 Å². The Kier molecular flexibility index (Phi) is 3.74. The van der Waals surface area contributed by atoms with E-state index in [2.05, 4.69) is 0 Å². The molecular formula is C13H16F2O2. The minimum atomic E-state index is -0.646. The molecule has 1 aliphatic rings. The normalized spacial score (nSPS) is 26.1. The summed E-state index contributed by atoms with van der Waals surface area (Å²) < 4.78 is 31.5. The van der Waals surface area contributed by atoms with Gasteiger partial charge in [-0.15, -0.1) is 0 Å². The van der Waals surface area contributed by atoms with E-state index in [0.717, 1.165) is 12.5 Å². The molecule has 2 rings (SSSR count). The maximum atomic E-state index is 13.4. The van der Waals surface area contributed by atoms with Crippen LogP contribution in [0.2, 0.25) is 0 Å². The number of aliphatic hydroxyl groups is 1. The molecule has 17 heavy (non-hydrogen) atoms. The molecule has 1 heterocycles. The van der Waals surface area contributed by atoms with E-state index in [0.29, 0.717) is 12.2 Å². The number of hydrogen-bond donors (Lipinski definition) is 1. The molecule has 4 heteroatoms. The Labute approximate surface area is 99.2 Å². The van der Waals surface area contributed by atoms with Crippen molar-refractivity contribution in [1.82, 2.24) is 0 Å². The Bertz CT molecular complexity index is 395. The molecular weight excluding hydrogens is 226 g/mol. The SMILES string of the molecule is CC1OCCC1C(O)Cc1ccc(F)cc1F. The average molecular weight is 242 g/mol. The summed E-state index contributed by atoms with van der Waals surface area (Å²) in [7, 11) is 0. The van der Waals surface area contributed by atoms with Gasteiger partial charge in [0.1, 0.15) is 11.6 Å². The standard InChI is InChI=1S/C13H16F2O2/c1-8-11(4-5-17-8)13(16)6-9-2-3-10(14)7-12(9)15/h2-3,7-8,11,13,16H,4-6H2,1H3. The van der Waals surface area contributed by atoms with Gasteiger partial charge in [-0.25, -0.2) is 8.78 Å². The van der Waals surface area contributed by atoms with E-state index in [4.69, 9.17) is 4.74 Å². The first kappa shape index (κ1) is 12.5. The van der Waals surface area contributed by atoms with Crippen molar-refractivity contribution in [3.05, 3.63) is 35.4 Å². The van der Waals surface area contributed by atoms with Crippen LogP contribution >= 0.6 is 0 Å². The van der Waals surface area contributed by atoms with Gasteiger partial charge >= 0.3 is 0 Å². The predicted octanol–water partition coefficient (Wildman–Crippen LogP) is 2.29. The van der Waals surface area contributed by atoms with Crippen molar-refractivity contribution in [3.63, 3.8) is 0 Å². The average Bonchev–Trinajstić information content (AvgIpc) is 2.68. The number of ether oxygens (including phenoxy) is 1. The molecule has 94 valence electrons. The van der Waals surface area contributed by atoms with Gasteiger partial charge in [0, 0.05) is 25.0 Å². The van der Waals surface area contributed by atoms with E-state index in [1.165, 1.54) is 12.1 Å². The summed E-state index contributed by atoms with van der Waals surface area (Å²) >= 11 is 0. The molecule has 3 atom stereocenters. The second kappa shape index (κ2) is 5.10. The third-order valence-corrected chi connectivity index (χ3v) is 3.37. The van der Waals surface area contributed by atoms with Gasteiger partial charge in [-0.3, -0.25) is 0 Å². The molecule has 0 amide bonds. The molecule has 2 nitrogen and oxygen atoms in total. The van der Waals surface area contributed by atoms with E-state index >= 15 is 0 Å². The highest BCUT2D eigenvalue weighted by atomic mass is 19.1. The summed E-state index contributed by atoms with van der Waals surface area (Å²) in [6.45, 7) is 2.54. The number of hydrogen-bond acceptors (Lipinski definition) is 2. The highest BCUT2D eigenvalue weighted by Crippen LogP contribution is 2.26. The highest BCUT2D eigenvalue weighted by Gasteiger charge is 2.31. The van der Waals surface area contributed by atoms with E-state index < -0.39 is 17.7 Å². The quantitative estimate of drug-likeness (QED) is 0.881. The monoisotopic (exact) mass is 242 g/mol. The van der Waals surface area contributed by atoms with Crippen molar-refractivity contribution < 1.29 is 18.6 Å². The van der Waals surface area contributed by atoms with Gasteiger partial charge in [0.05, 0.1) is 12.2 Å². The lowest BCUT2D eigenvalue weighted by molar-refractivity contribution is 0.0437. The van der Waals surface area contributed by atoms with Crippen molar-refractivity contribution in [1.29, 1.82) is 0 Å². The minimum Gasteiger partial charge on any atom is -0.392 e. The maximum Gasteiger partial charge on any atom is 0.129 e. The van der Waals surface area contributed by atoms with E-state index in [1.54, 1.807) is 0 Å². The van der Waals surface area contributed by atoms with Crippen LogP contribution in [0.15, 0.2) is 18.2 Å². The summed E-state index contributed by atoms with van der Waals surface area (Å²) in [5, 5.41) is 10.0. The molecule has 0 radical (unpaired) electrons. The molecule has 0 aliphatic carbocycles. The topological polar surface area (TPSA) is 29.5 Å². The Morgan fingerprint density at radius 1 is 1.47 bits per heavy atom. The zero-order chi connectivity index (χ0) is 12.4. The fourth-order valence-corrected chi connectivity index (χ4v) is 2.32. The lowest BCUT2D eigenvalue weighted by Gasteiger charge is -2.21. The lowest BCUT2D eigenvalue weighted by atomic mass is 9.91. The Hall–Kier alpha value is -1.00. The van der Waals surface area contributed by atoms with Gasteiger partial charge in [0.2, 0.25) is 0 Å². The third-order valence-electron chi connectivity index (χ3n) is 3.37. The van der Waals surface area contributed by atoms with Gasteiger partial charge in [0.15, 0.2) is 0 Å². The van der Waals surface area contributed by atoms with E-state index in [1.807, 2.05) is 6.92 Å². The van der Waals surface area contributed by atoms with Crippen molar-refractivity contribution in [2.24, 2.45) is 5.92 Å². The van der Waals surface area contributed by atoms with Crippen molar-refractivity contribution in [2.45, 2.75) is 32.0 Å². The maximum absolute atomic E-state index is 13.4. The van der Waals surface area contributed by atoms with Crippen LogP contribution < -0.4 is 0 Å². The predicted molar refractivity (Wildman–Crippen MR) is 59.6 cm³/mol. The Morgan fingerprint density at radius 2 is 2.24 bits per heavy atom. The van der Waals surface area contributed by atoms with E-state index in [9.17, 15) is 13.9 Å². The number of benzene rings is 1. The van der Waals surface area contributed by atoms with Gasteiger partial charge in [-0.2, -0.15) is 0 Å². The molecule has 0 aromatic heterocycles. The Balaban J connectivity index is 2.04. The fraction of sp³-hybridized carbons (Fsp3) is 0.538. The van der Waals surface area contributed by atoms with Crippen molar-refractivity contribution in [2.75, 3.05) is 6.61 Å². The summed E-state index contributed by atoms with van der Waals surface area (Å²) in [6.07, 6.45) is 0.330. The largest absolute Gasteiger partial charge is 0.392 e. The summed E-state index contributed by atoms with van der Waals surface area (Å²) in [5.41, 5.74) is 0.345. The summed E-state index contributed by atoms with van der Waals surface area (Å²) in [5.74, 6) is -1.17. The van der Waals surface area contributed by atoms with Crippen LogP contribution in [-0.2, 0) is 11.2 Å². The molecule has 0 saturated carbocycles. The first-order chi connectivity index (χ1) is 8.08. The molecule has 1 N–H and O–H groups in total. The second-order valence-electron chi connectivity index (χ2n) is 4.54. The first-order valence-electron chi connectivity index (χ1n) is 5.81. The molecule has 1 aliphatic heterocycles. The molecule has 1 aromatic carbocycles. The fourth-order valence-electron chi connectivity index (χ4n) is 2.32.